The number of alkyl halides is 2. The van der Waals surface area contributed by atoms with Crippen molar-refractivity contribution in [3.05, 3.63) is 54.1 Å². The highest BCUT2D eigenvalue weighted by atomic mass is 19.3. The van der Waals surface area contributed by atoms with Gasteiger partial charge in [0.25, 0.3) is 5.91 Å². The summed E-state index contributed by atoms with van der Waals surface area (Å²) in [5, 5.41) is 2.89. The van der Waals surface area contributed by atoms with Crippen LogP contribution in [-0.2, 0) is 0 Å². The molecule has 2 N–H and O–H groups in total. The fourth-order valence-electron chi connectivity index (χ4n) is 2.99. The van der Waals surface area contributed by atoms with E-state index < -0.39 is 6.61 Å². The first-order chi connectivity index (χ1) is 12.5. The second-order valence-corrected chi connectivity index (χ2v) is 6.32. The molecule has 138 valence electrons. The van der Waals surface area contributed by atoms with Gasteiger partial charge in [-0.05, 0) is 30.3 Å². The van der Waals surface area contributed by atoms with E-state index >= 15 is 0 Å². The molecule has 1 aliphatic heterocycles. The summed E-state index contributed by atoms with van der Waals surface area (Å²) in [6.45, 7) is 0.977. The van der Waals surface area contributed by atoms with Crippen molar-refractivity contribution in [2.75, 3.05) is 43.4 Å². The van der Waals surface area contributed by atoms with Gasteiger partial charge in [-0.3, -0.25) is 4.79 Å². The Bertz CT molecular complexity index is 762. The van der Waals surface area contributed by atoms with Crippen LogP contribution in [0.3, 0.4) is 0 Å². The molecule has 1 heterocycles. The van der Waals surface area contributed by atoms with E-state index in [0.717, 1.165) is 31.9 Å². The minimum atomic E-state index is -2.92. The Hall–Kier alpha value is -2.67. The summed E-state index contributed by atoms with van der Waals surface area (Å²) in [4.78, 5) is 16.3. The third-order valence-corrected chi connectivity index (χ3v) is 4.43. The van der Waals surface area contributed by atoms with Crippen LogP contribution in [0.5, 0.6) is 5.75 Å². The van der Waals surface area contributed by atoms with Gasteiger partial charge in [0.2, 0.25) is 0 Å². The molecule has 0 aliphatic carbocycles. The molecule has 3 rings (SSSR count). The predicted molar refractivity (Wildman–Crippen MR) is 96.3 cm³/mol. The molecule has 0 atom stereocenters. The van der Waals surface area contributed by atoms with E-state index in [1.54, 1.807) is 6.07 Å². The van der Waals surface area contributed by atoms with Crippen molar-refractivity contribution in [1.29, 1.82) is 0 Å². The largest absolute Gasteiger partial charge is 0.435 e. The summed E-state index contributed by atoms with van der Waals surface area (Å²) in [6.07, 6.45) is 0. The van der Waals surface area contributed by atoms with E-state index in [4.69, 9.17) is 0 Å². The zero-order chi connectivity index (χ0) is 18.5. The van der Waals surface area contributed by atoms with Crippen LogP contribution in [0, 0.1) is 0 Å². The number of rotatable bonds is 5. The van der Waals surface area contributed by atoms with Crippen molar-refractivity contribution in [2.24, 2.45) is 0 Å². The highest BCUT2D eigenvalue weighted by Crippen LogP contribution is 2.26. The van der Waals surface area contributed by atoms with E-state index in [2.05, 4.69) is 22.0 Å². The van der Waals surface area contributed by atoms with E-state index in [-0.39, 0.29) is 17.2 Å². The molecule has 1 amide bonds. The minimum Gasteiger partial charge on any atom is -0.435 e. The molecule has 1 aliphatic rings. The van der Waals surface area contributed by atoms with E-state index in [9.17, 15) is 13.6 Å². The summed E-state index contributed by atoms with van der Waals surface area (Å²) in [5.41, 5.74) is 1.94. The monoisotopic (exact) mass is 362 g/mol. The molecule has 0 saturated carbocycles. The second-order valence-electron chi connectivity index (χ2n) is 6.32. The number of carbonyl (C=O) groups excluding carboxylic acids is 1. The molecule has 2 aromatic carbocycles. The van der Waals surface area contributed by atoms with E-state index in [1.165, 1.54) is 23.1 Å². The Labute approximate surface area is 151 Å². The van der Waals surface area contributed by atoms with Gasteiger partial charge in [0.05, 0.1) is 44.6 Å². The highest BCUT2D eigenvalue weighted by Gasteiger charge is 2.20. The maximum absolute atomic E-state index is 12.6. The van der Waals surface area contributed by atoms with Gasteiger partial charge >= 0.3 is 6.61 Å². The number of ether oxygens (including phenoxy) is 1. The Kier molecular flexibility index (Phi) is 5.68. The summed E-state index contributed by atoms with van der Waals surface area (Å²) in [6, 6.07) is 13.4. The molecule has 0 bridgehead atoms. The minimum absolute atomic E-state index is 0.0389. The molecule has 2 aromatic rings. The Morgan fingerprint density at radius 3 is 2.62 bits per heavy atom. The number of nitrogens with one attached hydrogen (secondary N) is 2. The van der Waals surface area contributed by atoms with E-state index in [0.29, 0.717) is 5.69 Å². The zero-order valence-corrected chi connectivity index (χ0v) is 14.5. The summed E-state index contributed by atoms with van der Waals surface area (Å²) < 4.78 is 29.1. The van der Waals surface area contributed by atoms with Gasteiger partial charge in [-0.15, -0.1) is 0 Å². The lowest BCUT2D eigenvalue weighted by molar-refractivity contribution is -0.880. The molecule has 0 spiro atoms. The number of nitrogens with zero attached hydrogens (tertiary/aromatic N) is 1. The van der Waals surface area contributed by atoms with Crippen LogP contribution >= 0.6 is 0 Å². The average molecular weight is 362 g/mol. The maximum Gasteiger partial charge on any atom is 0.387 e. The number of hydrogen-bond donors (Lipinski definition) is 2. The number of likely N-dealkylation sites (N-methyl/N-ethyl adjacent to an activating group) is 1. The second kappa shape index (κ2) is 8.14. The zero-order valence-electron chi connectivity index (χ0n) is 14.5. The number of benzene rings is 2. The highest BCUT2D eigenvalue weighted by molar-refractivity contribution is 6.06. The lowest BCUT2D eigenvalue weighted by Crippen LogP contribution is -3.12. The molecule has 0 unspecified atom stereocenters. The number of halogens is 2. The standard InChI is InChI=1S/C19H21F2N3O2/c1-23-9-11-24(12-10-23)17-8-3-2-7-16(17)22-18(25)14-5-4-6-15(13-14)26-19(20)21/h2-8,13,19H,9-12H2,1H3,(H,22,25)/p+1. The molecule has 1 saturated heterocycles. The molecule has 0 aromatic heterocycles. The van der Waals surface area contributed by atoms with Gasteiger partial charge in [0, 0.05) is 5.56 Å². The number of carbonyl (C=O) groups is 1. The average Bonchev–Trinajstić information content (AvgIpc) is 2.63. The topological polar surface area (TPSA) is 46.0 Å². The number of quaternary nitrogens is 1. The van der Waals surface area contributed by atoms with Crippen LogP contribution in [0.4, 0.5) is 20.2 Å². The smallest absolute Gasteiger partial charge is 0.387 e. The van der Waals surface area contributed by atoms with Crippen LogP contribution in [0.2, 0.25) is 0 Å². The number of piperazine rings is 1. The van der Waals surface area contributed by atoms with Gasteiger partial charge in [0.1, 0.15) is 5.75 Å². The fraction of sp³-hybridized carbons (Fsp3) is 0.316. The Balaban J connectivity index is 1.76. The van der Waals surface area contributed by atoms with Crippen LogP contribution in [-0.4, -0.2) is 45.7 Å². The molecule has 0 radical (unpaired) electrons. The number of anilines is 2. The molecule has 5 nitrogen and oxygen atoms in total. The van der Waals surface area contributed by atoms with E-state index in [1.807, 2.05) is 24.3 Å². The molecule has 26 heavy (non-hydrogen) atoms. The Morgan fingerprint density at radius 1 is 1.15 bits per heavy atom. The predicted octanol–water partition coefficient (Wildman–Crippen LogP) is 1.88. The Morgan fingerprint density at radius 2 is 1.88 bits per heavy atom. The maximum atomic E-state index is 12.6. The summed E-state index contributed by atoms with van der Waals surface area (Å²) >= 11 is 0. The van der Waals surface area contributed by atoms with Crippen molar-refractivity contribution in [3.8, 4) is 5.75 Å². The molecular weight excluding hydrogens is 340 g/mol. The fourth-order valence-corrected chi connectivity index (χ4v) is 2.99. The van der Waals surface area contributed by atoms with Crippen LogP contribution < -0.4 is 19.9 Å². The van der Waals surface area contributed by atoms with Gasteiger partial charge < -0.3 is 19.9 Å². The molecule has 1 fully saturated rings. The summed E-state index contributed by atoms with van der Waals surface area (Å²) in [5.74, 6) is -0.403. The third kappa shape index (κ3) is 4.49. The van der Waals surface area contributed by atoms with Gasteiger partial charge in [-0.1, -0.05) is 18.2 Å². The lowest BCUT2D eigenvalue weighted by Gasteiger charge is -2.33. The number of amides is 1. The van der Waals surface area contributed by atoms with Crippen molar-refractivity contribution in [3.63, 3.8) is 0 Å². The first kappa shape index (κ1) is 18.1. The number of para-hydroxylation sites is 2. The van der Waals surface area contributed by atoms with Crippen molar-refractivity contribution < 1.29 is 23.2 Å². The van der Waals surface area contributed by atoms with Crippen molar-refractivity contribution in [1.82, 2.24) is 0 Å². The van der Waals surface area contributed by atoms with Gasteiger partial charge in [-0.25, -0.2) is 0 Å². The van der Waals surface area contributed by atoms with Crippen molar-refractivity contribution in [2.45, 2.75) is 6.61 Å². The normalized spacial score (nSPS) is 15.2. The summed E-state index contributed by atoms with van der Waals surface area (Å²) in [7, 11) is 2.17. The first-order valence-corrected chi connectivity index (χ1v) is 8.54. The lowest BCUT2D eigenvalue weighted by atomic mass is 10.1. The van der Waals surface area contributed by atoms with Crippen LogP contribution in [0.25, 0.3) is 0 Å². The van der Waals surface area contributed by atoms with Crippen molar-refractivity contribution >= 4 is 17.3 Å². The van der Waals surface area contributed by atoms with Gasteiger partial charge in [0.15, 0.2) is 0 Å². The van der Waals surface area contributed by atoms with Crippen LogP contribution in [0.15, 0.2) is 48.5 Å². The first-order valence-electron chi connectivity index (χ1n) is 8.54. The third-order valence-electron chi connectivity index (χ3n) is 4.43. The molecule has 7 heteroatoms. The SMILES string of the molecule is C[NH+]1CCN(c2ccccc2NC(=O)c2cccc(OC(F)F)c2)CC1. The molecular formula is C19H22F2N3O2+. The van der Waals surface area contributed by atoms with Gasteiger partial charge in [-0.2, -0.15) is 8.78 Å². The number of hydrogen-bond acceptors (Lipinski definition) is 3. The van der Waals surface area contributed by atoms with Crippen LogP contribution in [0.1, 0.15) is 10.4 Å². The quantitative estimate of drug-likeness (QED) is 0.854.